The van der Waals surface area contributed by atoms with E-state index in [4.69, 9.17) is 9.47 Å². The van der Waals surface area contributed by atoms with Gasteiger partial charge in [-0.1, -0.05) is 42.0 Å². The van der Waals surface area contributed by atoms with Crippen molar-refractivity contribution in [2.75, 3.05) is 13.4 Å². The third-order valence-corrected chi connectivity index (χ3v) is 4.54. The number of aryl methyl sites for hydroxylation is 1. The van der Waals surface area contributed by atoms with Gasteiger partial charge in [-0.15, -0.1) is 11.8 Å². The van der Waals surface area contributed by atoms with E-state index >= 15 is 0 Å². The number of thioether (sulfide) groups is 1. The first-order chi connectivity index (χ1) is 12.1. The molecule has 0 saturated heterocycles. The van der Waals surface area contributed by atoms with Crippen molar-refractivity contribution in [1.29, 1.82) is 0 Å². The van der Waals surface area contributed by atoms with Gasteiger partial charge in [0.05, 0.1) is 12.6 Å². The van der Waals surface area contributed by atoms with Crippen LogP contribution in [-0.2, 0) is 11.3 Å². The van der Waals surface area contributed by atoms with Crippen molar-refractivity contribution in [3.05, 3.63) is 65.2 Å². The molecule has 3 rings (SSSR count). The standard InChI is InChI=1S/C20H19NO3S/c1-13-7-6-8-14(11-13)12-24-18-15-9-4-5-10-16(15)21-19(25-3)17(18)20(22)23-2/h4-11H,12H2,1-3H3. The number of rotatable bonds is 5. The molecule has 1 aromatic heterocycles. The van der Waals surface area contributed by atoms with E-state index in [0.717, 1.165) is 16.5 Å². The summed E-state index contributed by atoms with van der Waals surface area (Å²) in [5.74, 6) is 0.0742. The molecule has 1 heterocycles. The Bertz CT molecular complexity index is 924. The maximum absolute atomic E-state index is 12.4. The summed E-state index contributed by atoms with van der Waals surface area (Å²) in [5.41, 5.74) is 3.38. The average molecular weight is 353 g/mol. The van der Waals surface area contributed by atoms with Crippen LogP contribution in [0.2, 0.25) is 0 Å². The number of hydrogen-bond donors (Lipinski definition) is 0. The molecule has 0 radical (unpaired) electrons. The molecule has 0 aliphatic carbocycles. The highest BCUT2D eigenvalue weighted by Gasteiger charge is 2.23. The molecule has 0 aliphatic rings. The minimum absolute atomic E-state index is 0.369. The second kappa shape index (κ2) is 7.57. The fourth-order valence-corrected chi connectivity index (χ4v) is 3.27. The zero-order valence-electron chi connectivity index (χ0n) is 14.4. The molecule has 4 nitrogen and oxygen atoms in total. The molecule has 128 valence electrons. The minimum Gasteiger partial charge on any atom is -0.487 e. The number of para-hydroxylation sites is 1. The van der Waals surface area contributed by atoms with Crippen molar-refractivity contribution in [2.24, 2.45) is 0 Å². The molecule has 0 unspecified atom stereocenters. The highest BCUT2D eigenvalue weighted by Crippen LogP contribution is 2.35. The zero-order valence-corrected chi connectivity index (χ0v) is 15.2. The zero-order chi connectivity index (χ0) is 17.8. The van der Waals surface area contributed by atoms with Gasteiger partial charge in [-0.25, -0.2) is 9.78 Å². The van der Waals surface area contributed by atoms with Crippen LogP contribution in [-0.4, -0.2) is 24.3 Å². The molecule has 0 saturated carbocycles. The maximum Gasteiger partial charge on any atom is 0.344 e. The van der Waals surface area contributed by atoms with E-state index < -0.39 is 5.97 Å². The van der Waals surface area contributed by atoms with Crippen LogP contribution in [0.5, 0.6) is 5.75 Å². The van der Waals surface area contributed by atoms with Crippen molar-refractivity contribution in [1.82, 2.24) is 4.98 Å². The van der Waals surface area contributed by atoms with Crippen LogP contribution >= 0.6 is 11.8 Å². The van der Waals surface area contributed by atoms with E-state index in [2.05, 4.69) is 11.1 Å². The fraction of sp³-hybridized carbons (Fsp3) is 0.200. The number of aromatic nitrogens is 1. The van der Waals surface area contributed by atoms with Crippen molar-refractivity contribution >= 4 is 28.6 Å². The Labute approximate surface area is 151 Å². The number of benzene rings is 2. The van der Waals surface area contributed by atoms with Gasteiger partial charge in [0, 0.05) is 5.39 Å². The summed E-state index contributed by atoms with van der Waals surface area (Å²) in [6.45, 7) is 2.41. The number of hydrogen-bond acceptors (Lipinski definition) is 5. The molecule has 0 amide bonds. The quantitative estimate of drug-likeness (QED) is 0.494. The van der Waals surface area contributed by atoms with Crippen LogP contribution in [0.15, 0.2) is 53.6 Å². The average Bonchev–Trinajstić information content (AvgIpc) is 2.64. The first-order valence-electron chi connectivity index (χ1n) is 7.87. The van der Waals surface area contributed by atoms with Crippen LogP contribution in [0, 0.1) is 6.92 Å². The van der Waals surface area contributed by atoms with Crippen LogP contribution in [0.1, 0.15) is 21.5 Å². The van der Waals surface area contributed by atoms with Gasteiger partial charge in [-0.05, 0) is 30.9 Å². The lowest BCUT2D eigenvalue weighted by Crippen LogP contribution is -2.09. The number of pyridine rings is 1. The first-order valence-corrected chi connectivity index (χ1v) is 9.10. The third kappa shape index (κ3) is 3.61. The van der Waals surface area contributed by atoms with Gasteiger partial charge in [-0.2, -0.15) is 0 Å². The van der Waals surface area contributed by atoms with Gasteiger partial charge in [0.1, 0.15) is 22.9 Å². The molecule has 2 aromatic carbocycles. The minimum atomic E-state index is -0.443. The fourth-order valence-electron chi connectivity index (χ4n) is 2.70. The highest BCUT2D eigenvalue weighted by molar-refractivity contribution is 7.98. The smallest absolute Gasteiger partial charge is 0.344 e. The van der Waals surface area contributed by atoms with Crippen molar-refractivity contribution in [3.63, 3.8) is 0 Å². The van der Waals surface area contributed by atoms with Crippen molar-refractivity contribution < 1.29 is 14.3 Å². The SMILES string of the molecule is COC(=O)c1c(SC)nc2ccccc2c1OCc1cccc(C)c1. The molecule has 0 bridgehead atoms. The molecular weight excluding hydrogens is 334 g/mol. The summed E-state index contributed by atoms with van der Waals surface area (Å²) in [7, 11) is 1.37. The van der Waals surface area contributed by atoms with E-state index in [1.165, 1.54) is 24.4 Å². The summed E-state index contributed by atoms with van der Waals surface area (Å²) in [6.07, 6.45) is 1.88. The summed E-state index contributed by atoms with van der Waals surface area (Å²) in [4.78, 5) is 16.9. The molecule has 0 spiro atoms. The van der Waals surface area contributed by atoms with Crippen LogP contribution in [0.25, 0.3) is 10.9 Å². The predicted molar refractivity (Wildman–Crippen MR) is 100 cm³/mol. The number of ether oxygens (including phenoxy) is 2. The number of methoxy groups -OCH3 is 1. The molecule has 0 atom stereocenters. The molecule has 3 aromatic rings. The van der Waals surface area contributed by atoms with Crippen LogP contribution in [0.3, 0.4) is 0 Å². The van der Waals surface area contributed by atoms with E-state index in [0.29, 0.717) is 22.9 Å². The van der Waals surface area contributed by atoms with Crippen LogP contribution < -0.4 is 4.74 Å². The lowest BCUT2D eigenvalue weighted by Gasteiger charge is -2.15. The molecule has 0 aliphatic heterocycles. The molecule has 25 heavy (non-hydrogen) atoms. The Morgan fingerprint density at radius 3 is 2.68 bits per heavy atom. The summed E-state index contributed by atoms with van der Waals surface area (Å²) < 4.78 is 11.1. The van der Waals surface area contributed by atoms with Gasteiger partial charge in [-0.3, -0.25) is 0 Å². The maximum atomic E-state index is 12.4. The first kappa shape index (κ1) is 17.3. The molecule has 5 heteroatoms. The number of carbonyl (C=O) groups is 1. The molecule has 0 N–H and O–H groups in total. The second-order valence-corrected chi connectivity index (χ2v) is 6.41. The van der Waals surface area contributed by atoms with Gasteiger partial charge >= 0.3 is 5.97 Å². The molecular formula is C20H19NO3S. The number of nitrogens with zero attached hydrogens (tertiary/aromatic N) is 1. The normalized spacial score (nSPS) is 10.7. The summed E-state index contributed by atoms with van der Waals surface area (Å²) in [6, 6.07) is 15.7. The third-order valence-electron chi connectivity index (χ3n) is 3.86. The lowest BCUT2D eigenvalue weighted by atomic mass is 10.1. The summed E-state index contributed by atoms with van der Waals surface area (Å²) in [5, 5.41) is 1.40. The molecule has 0 fully saturated rings. The second-order valence-electron chi connectivity index (χ2n) is 5.61. The van der Waals surface area contributed by atoms with E-state index in [1.54, 1.807) is 0 Å². The Morgan fingerprint density at radius 2 is 1.96 bits per heavy atom. The van der Waals surface area contributed by atoms with Gasteiger partial charge in [0.15, 0.2) is 0 Å². The number of fused-ring (bicyclic) bond motifs is 1. The Morgan fingerprint density at radius 1 is 1.16 bits per heavy atom. The van der Waals surface area contributed by atoms with Gasteiger partial charge < -0.3 is 9.47 Å². The van der Waals surface area contributed by atoms with Gasteiger partial charge in [0.25, 0.3) is 0 Å². The van der Waals surface area contributed by atoms with Gasteiger partial charge in [0.2, 0.25) is 0 Å². The van der Waals surface area contributed by atoms with E-state index in [-0.39, 0.29) is 0 Å². The largest absolute Gasteiger partial charge is 0.487 e. The Balaban J connectivity index is 2.11. The monoisotopic (exact) mass is 353 g/mol. The number of esters is 1. The highest BCUT2D eigenvalue weighted by atomic mass is 32.2. The van der Waals surface area contributed by atoms with Crippen molar-refractivity contribution in [2.45, 2.75) is 18.6 Å². The topological polar surface area (TPSA) is 48.4 Å². The predicted octanol–water partition coefficient (Wildman–Crippen LogP) is 4.63. The Kier molecular flexibility index (Phi) is 5.24. The van der Waals surface area contributed by atoms with E-state index in [9.17, 15) is 4.79 Å². The summed E-state index contributed by atoms with van der Waals surface area (Å²) >= 11 is 1.40. The Hall–Kier alpha value is -2.53. The lowest BCUT2D eigenvalue weighted by molar-refractivity contribution is 0.0590. The number of carbonyl (C=O) groups excluding carboxylic acids is 1. The van der Waals surface area contributed by atoms with Crippen molar-refractivity contribution in [3.8, 4) is 5.75 Å². The van der Waals surface area contributed by atoms with Crippen LogP contribution in [0.4, 0.5) is 0 Å². The van der Waals surface area contributed by atoms with E-state index in [1.807, 2.05) is 55.6 Å².